The lowest BCUT2D eigenvalue weighted by atomic mass is 10.1. The molecule has 0 unspecified atom stereocenters. The summed E-state index contributed by atoms with van der Waals surface area (Å²) in [6.45, 7) is 1.44. The van der Waals surface area contributed by atoms with Gasteiger partial charge in [-0.15, -0.1) is 0 Å². The van der Waals surface area contributed by atoms with Gasteiger partial charge in [0.1, 0.15) is 12.1 Å². The van der Waals surface area contributed by atoms with Crippen LogP contribution in [0.15, 0.2) is 55.1 Å². The van der Waals surface area contributed by atoms with Crippen LogP contribution < -0.4 is 10.1 Å². The number of anilines is 2. The van der Waals surface area contributed by atoms with Gasteiger partial charge < -0.3 is 10.1 Å². The van der Waals surface area contributed by atoms with Crippen molar-refractivity contribution in [1.29, 1.82) is 0 Å². The maximum atomic E-state index is 11.5. The second kappa shape index (κ2) is 7.34. The van der Waals surface area contributed by atoms with Crippen molar-refractivity contribution in [3.8, 4) is 11.6 Å². The normalized spacial score (nSPS) is 10.2. The number of rotatable bonds is 6. The summed E-state index contributed by atoms with van der Waals surface area (Å²) < 4.78 is 5.46. The van der Waals surface area contributed by atoms with E-state index in [1.54, 1.807) is 42.6 Å². The summed E-state index contributed by atoms with van der Waals surface area (Å²) in [6, 6.07) is 9.80. The molecule has 3 rings (SSSR count). The molecular formula is C17H13N5O4. The molecule has 0 aliphatic rings. The molecular weight excluding hydrogens is 338 g/mol. The fourth-order valence-electron chi connectivity index (χ4n) is 2.17. The molecule has 0 bridgehead atoms. The first-order chi connectivity index (χ1) is 12.5. The van der Waals surface area contributed by atoms with E-state index in [0.717, 1.165) is 6.33 Å². The zero-order chi connectivity index (χ0) is 18.5. The Labute approximate surface area is 147 Å². The van der Waals surface area contributed by atoms with E-state index in [4.69, 9.17) is 4.74 Å². The topological polar surface area (TPSA) is 120 Å². The van der Waals surface area contributed by atoms with Crippen molar-refractivity contribution in [3.63, 3.8) is 0 Å². The number of carbonyl (C=O) groups is 1. The van der Waals surface area contributed by atoms with Crippen molar-refractivity contribution >= 4 is 23.0 Å². The Kier molecular flexibility index (Phi) is 4.79. The number of aromatic nitrogens is 3. The maximum Gasteiger partial charge on any atom is 0.373 e. The second-order valence-corrected chi connectivity index (χ2v) is 5.19. The quantitative estimate of drug-likeness (QED) is 0.407. The minimum absolute atomic E-state index is 0.0513. The molecule has 130 valence electrons. The number of nitro groups is 1. The average Bonchev–Trinajstić information content (AvgIpc) is 2.62. The van der Waals surface area contributed by atoms with Crippen LogP contribution >= 0.6 is 0 Å². The smallest absolute Gasteiger partial charge is 0.373 e. The summed E-state index contributed by atoms with van der Waals surface area (Å²) >= 11 is 0. The number of nitrogens with zero attached hydrogens (tertiary/aromatic N) is 4. The molecule has 2 aromatic heterocycles. The number of nitrogens with one attached hydrogen (secondary N) is 1. The number of ketones is 1. The van der Waals surface area contributed by atoms with Crippen molar-refractivity contribution in [1.82, 2.24) is 15.0 Å². The molecule has 1 N–H and O–H groups in total. The molecule has 0 aliphatic carbocycles. The van der Waals surface area contributed by atoms with E-state index >= 15 is 0 Å². The van der Waals surface area contributed by atoms with Gasteiger partial charge in [-0.05, 0) is 31.2 Å². The van der Waals surface area contributed by atoms with Gasteiger partial charge in [0.25, 0.3) is 0 Å². The Hall–Kier alpha value is -3.88. The third-order valence-electron chi connectivity index (χ3n) is 3.35. The Morgan fingerprint density at radius 2 is 2.08 bits per heavy atom. The summed E-state index contributed by atoms with van der Waals surface area (Å²) in [5.74, 6) is -0.0851. The third kappa shape index (κ3) is 3.78. The van der Waals surface area contributed by atoms with Gasteiger partial charge in [0.2, 0.25) is 5.82 Å². The lowest BCUT2D eigenvalue weighted by Gasteiger charge is -2.09. The summed E-state index contributed by atoms with van der Waals surface area (Å²) in [6.07, 6.45) is 4.11. The fourth-order valence-corrected chi connectivity index (χ4v) is 2.17. The van der Waals surface area contributed by atoms with Gasteiger partial charge in [-0.25, -0.2) is 4.98 Å². The highest BCUT2D eigenvalue weighted by atomic mass is 16.6. The van der Waals surface area contributed by atoms with E-state index in [2.05, 4.69) is 20.3 Å². The molecule has 0 atom stereocenters. The number of hydrogen-bond donors (Lipinski definition) is 1. The molecule has 3 aromatic rings. The van der Waals surface area contributed by atoms with Crippen molar-refractivity contribution in [2.75, 3.05) is 5.32 Å². The zero-order valence-corrected chi connectivity index (χ0v) is 13.6. The van der Waals surface area contributed by atoms with Crippen LogP contribution in [-0.2, 0) is 0 Å². The van der Waals surface area contributed by atoms with Crippen LogP contribution in [0, 0.1) is 10.1 Å². The second-order valence-electron chi connectivity index (χ2n) is 5.19. The molecule has 0 radical (unpaired) electrons. The predicted molar refractivity (Wildman–Crippen MR) is 92.7 cm³/mol. The highest BCUT2D eigenvalue weighted by Crippen LogP contribution is 2.35. The number of pyridine rings is 1. The molecule has 26 heavy (non-hydrogen) atoms. The van der Waals surface area contributed by atoms with Gasteiger partial charge in [0.15, 0.2) is 5.78 Å². The summed E-state index contributed by atoms with van der Waals surface area (Å²) in [5, 5.41) is 14.4. The minimum Gasteiger partial charge on any atom is -0.432 e. The van der Waals surface area contributed by atoms with E-state index in [1.807, 2.05) is 0 Å². The monoisotopic (exact) mass is 351 g/mol. The summed E-state index contributed by atoms with van der Waals surface area (Å²) in [4.78, 5) is 34.1. The van der Waals surface area contributed by atoms with Gasteiger partial charge in [-0.1, -0.05) is 12.1 Å². The van der Waals surface area contributed by atoms with E-state index in [9.17, 15) is 14.9 Å². The average molecular weight is 351 g/mol. The summed E-state index contributed by atoms with van der Waals surface area (Å²) in [5.41, 5.74) is 0.523. The third-order valence-corrected chi connectivity index (χ3v) is 3.35. The van der Waals surface area contributed by atoms with E-state index < -0.39 is 10.6 Å². The van der Waals surface area contributed by atoms with Crippen LogP contribution in [0.5, 0.6) is 11.6 Å². The van der Waals surface area contributed by atoms with Crippen molar-refractivity contribution < 1.29 is 14.5 Å². The Morgan fingerprint density at radius 1 is 1.23 bits per heavy atom. The maximum absolute atomic E-state index is 11.5. The zero-order valence-electron chi connectivity index (χ0n) is 13.6. The molecule has 0 spiro atoms. The standard InChI is InChI=1S/C17H13N5O4/c1-11(23)12-4-2-5-13(8-12)21-16-15(22(24)25)17(20-10-19-16)26-14-6-3-7-18-9-14/h2-10H,1H3,(H,19,20,21). The molecule has 0 saturated heterocycles. The molecule has 9 heteroatoms. The molecule has 2 heterocycles. The fraction of sp³-hybridized carbons (Fsp3) is 0.0588. The number of carbonyl (C=O) groups excluding carboxylic acids is 1. The first-order valence-electron chi connectivity index (χ1n) is 7.50. The Bertz CT molecular complexity index is 962. The number of ether oxygens (including phenoxy) is 1. The van der Waals surface area contributed by atoms with Gasteiger partial charge in [0.05, 0.1) is 11.1 Å². The van der Waals surface area contributed by atoms with Crippen LogP contribution in [0.2, 0.25) is 0 Å². The molecule has 9 nitrogen and oxygen atoms in total. The van der Waals surface area contributed by atoms with Crippen LogP contribution in [-0.4, -0.2) is 25.7 Å². The van der Waals surface area contributed by atoms with Gasteiger partial charge >= 0.3 is 11.6 Å². The largest absolute Gasteiger partial charge is 0.432 e. The van der Waals surface area contributed by atoms with Crippen molar-refractivity contribution in [2.45, 2.75) is 6.92 Å². The van der Waals surface area contributed by atoms with Crippen molar-refractivity contribution in [3.05, 3.63) is 70.8 Å². The molecule has 0 fully saturated rings. The summed E-state index contributed by atoms with van der Waals surface area (Å²) in [7, 11) is 0. The molecule has 1 aromatic carbocycles. The molecule has 0 amide bonds. The first kappa shape index (κ1) is 17.0. The Balaban J connectivity index is 1.97. The Morgan fingerprint density at radius 3 is 2.77 bits per heavy atom. The van der Waals surface area contributed by atoms with Crippen LogP contribution in [0.4, 0.5) is 17.2 Å². The van der Waals surface area contributed by atoms with Crippen LogP contribution in [0.1, 0.15) is 17.3 Å². The molecule has 0 aliphatic heterocycles. The van der Waals surface area contributed by atoms with Gasteiger partial charge in [0, 0.05) is 17.4 Å². The van der Waals surface area contributed by atoms with Gasteiger partial charge in [-0.3, -0.25) is 19.9 Å². The lowest BCUT2D eigenvalue weighted by Crippen LogP contribution is -2.04. The lowest BCUT2D eigenvalue weighted by molar-refractivity contribution is -0.385. The number of Topliss-reactive ketones (excluding diaryl/α,β-unsaturated/α-hetero) is 1. The molecule has 0 saturated carbocycles. The SMILES string of the molecule is CC(=O)c1cccc(Nc2ncnc(Oc3cccnc3)c2[N+](=O)[O-])c1. The number of hydrogen-bond acceptors (Lipinski definition) is 8. The highest BCUT2D eigenvalue weighted by Gasteiger charge is 2.25. The van der Waals surface area contributed by atoms with E-state index in [1.165, 1.54) is 13.1 Å². The highest BCUT2D eigenvalue weighted by molar-refractivity contribution is 5.95. The van der Waals surface area contributed by atoms with E-state index in [0.29, 0.717) is 17.0 Å². The van der Waals surface area contributed by atoms with E-state index in [-0.39, 0.29) is 17.5 Å². The first-order valence-corrected chi connectivity index (χ1v) is 7.50. The van der Waals surface area contributed by atoms with Crippen LogP contribution in [0.3, 0.4) is 0 Å². The van der Waals surface area contributed by atoms with Crippen molar-refractivity contribution in [2.24, 2.45) is 0 Å². The van der Waals surface area contributed by atoms with Crippen LogP contribution in [0.25, 0.3) is 0 Å². The predicted octanol–water partition coefficient (Wildman–Crippen LogP) is 3.52. The van der Waals surface area contributed by atoms with Gasteiger partial charge in [-0.2, -0.15) is 4.98 Å². The number of benzene rings is 1. The minimum atomic E-state index is -0.636.